The molecule has 1 rings (SSSR count). The zero-order valence-electron chi connectivity index (χ0n) is 7.73. The van der Waals surface area contributed by atoms with Gasteiger partial charge in [0.2, 0.25) is 0 Å². The highest BCUT2D eigenvalue weighted by Gasteiger charge is 2.03. The standard InChI is InChI=1S/C11H14S.ClH/c1-9(10(2)12)8-11-6-4-3-5-7-11;/h3-7,9,12H,2,8H2,1H3;1H. The summed E-state index contributed by atoms with van der Waals surface area (Å²) in [7, 11) is 0. The molecule has 72 valence electrons. The molecule has 2 heteroatoms. The SMILES string of the molecule is C=C(S)C(C)Cc1ccccc1.Cl. The summed E-state index contributed by atoms with van der Waals surface area (Å²) < 4.78 is 0. The van der Waals surface area contributed by atoms with Crippen molar-refractivity contribution in [1.29, 1.82) is 0 Å². The second-order valence-electron chi connectivity index (χ2n) is 3.08. The minimum Gasteiger partial charge on any atom is -0.148 e. The lowest BCUT2D eigenvalue weighted by atomic mass is 10.0. The fourth-order valence-corrected chi connectivity index (χ4v) is 1.18. The van der Waals surface area contributed by atoms with E-state index in [9.17, 15) is 0 Å². The second kappa shape index (κ2) is 6.11. The molecule has 0 aliphatic rings. The quantitative estimate of drug-likeness (QED) is 0.729. The fraction of sp³-hybridized carbons (Fsp3) is 0.273. The van der Waals surface area contributed by atoms with Gasteiger partial charge in [-0.05, 0) is 22.8 Å². The van der Waals surface area contributed by atoms with Crippen LogP contribution >= 0.6 is 25.0 Å². The van der Waals surface area contributed by atoms with Gasteiger partial charge in [-0.1, -0.05) is 43.8 Å². The van der Waals surface area contributed by atoms with Crippen molar-refractivity contribution >= 4 is 25.0 Å². The minimum atomic E-state index is 0. The summed E-state index contributed by atoms with van der Waals surface area (Å²) in [5, 5.41) is 0. The zero-order valence-corrected chi connectivity index (χ0v) is 9.44. The lowest BCUT2D eigenvalue weighted by Gasteiger charge is -2.09. The van der Waals surface area contributed by atoms with Gasteiger partial charge < -0.3 is 0 Å². The molecule has 0 amide bonds. The number of allylic oxidation sites excluding steroid dienone is 1. The molecule has 13 heavy (non-hydrogen) atoms. The van der Waals surface area contributed by atoms with E-state index in [1.165, 1.54) is 5.56 Å². The first-order valence-electron chi connectivity index (χ1n) is 4.12. The molecule has 0 fully saturated rings. The number of thiol groups is 1. The summed E-state index contributed by atoms with van der Waals surface area (Å²) in [5.74, 6) is 0.454. The van der Waals surface area contributed by atoms with Crippen LogP contribution in [0.1, 0.15) is 12.5 Å². The summed E-state index contributed by atoms with van der Waals surface area (Å²) >= 11 is 4.23. The Hall–Kier alpha value is -0.400. The zero-order chi connectivity index (χ0) is 8.97. The fourth-order valence-electron chi connectivity index (χ4n) is 1.09. The largest absolute Gasteiger partial charge is 0.148 e. The highest BCUT2D eigenvalue weighted by atomic mass is 35.5. The molecule has 0 saturated carbocycles. The maximum atomic E-state index is 4.23. The van der Waals surface area contributed by atoms with Gasteiger partial charge >= 0.3 is 0 Å². The lowest BCUT2D eigenvalue weighted by Crippen LogP contribution is -1.98. The predicted octanol–water partition coefficient (Wildman–Crippen LogP) is 3.73. The van der Waals surface area contributed by atoms with Crippen molar-refractivity contribution in [2.45, 2.75) is 13.3 Å². The lowest BCUT2D eigenvalue weighted by molar-refractivity contribution is 0.715. The number of halogens is 1. The molecule has 0 spiro atoms. The van der Waals surface area contributed by atoms with Crippen molar-refractivity contribution in [3.05, 3.63) is 47.4 Å². The van der Waals surface area contributed by atoms with Gasteiger partial charge in [0.25, 0.3) is 0 Å². The van der Waals surface area contributed by atoms with Crippen molar-refractivity contribution in [2.75, 3.05) is 0 Å². The van der Waals surface area contributed by atoms with Crippen molar-refractivity contribution in [3.8, 4) is 0 Å². The first kappa shape index (κ1) is 12.6. The summed E-state index contributed by atoms with van der Waals surface area (Å²) in [5.41, 5.74) is 1.35. The van der Waals surface area contributed by atoms with E-state index in [0.717, 1.165) is 11.3 Å². The molecule has 0 saturated heterocycles. The highest BCUT2D eigenvalue weighted by Crippen LogP contribution is 2.17. The number of hydrogen-bond acceptors (Lipinski definition) is 1. The maximum absolute atomic E-state index is 4.23. The summed E-state index contributed by atoms with van der Waals surface area (Å²) in [4.78, 5) is 0.957. The molecule has 0 aliphatic carbocycles. The van der Waals surface area contributed by atoms with Crippen molar-refractivity contribution < 1.29 is 0 Å². The summed E-state index contributed by atoms with van der Waals surface area (Å²) in [6.07, 6.45) is 1.03. The van der Waals surface area contributed by atoms with Gasteiger partial charge in [-0.2, -0.15) is 0 Å². The molecule has 0 N–H and O–H groups in total. The third-order valence-electron chi connectivity index (χ3n) is 1.95. The number of rotatable bonds is 3. The average Bonchev–Trinajstić information content (AvgIpc) is 2.06. The maximum Gasteiger partial charge on any atom is -0.00984 e. The van der Waals surface area contributed by atoms with Gasteiger partial charge in [-0.15, -0.1) is 25.0 Å². The van der Waals surface area contributed by atoms with Crippen LogP contribution in [-0.4, -0.2) is 0 Å². The molecule has 0 radical (unpaired) electrons. The van der Waals surface area contributed by atoms with E-state index < -0.39 is 0 Å². The molecule has 1 atom stereocenters. The Morgan fingerprint density at radius 1 is 1.38 bits per heavy atom. The highest BCUT2D eigenvalue weighted by molar-refractivity contribution is 7.84. The van der Waals surface area contributed by atoms with Crippen LogP contribution in [0.25, 0.3) is 0 Å². The van der Waals surface area contributed by atoms with Crippen LogP contribution < -0.4 is 0 Å². The number of benzene rings is 1. The second-order valence-corrected chi connectivity index (χ2v) is 3.66. The van der Waals surface area contributed by atoms with Crippen molar-refractivity contribution in [1.82, 2.24) is 0 Å². The predicted molar refractivity (Wildman–Crippen MR) is 64.7 cm³/mol. The van der Waals surface area contributed by atoms with Crippen LogP contribution in [0, 0.1) is 5.92 Å². The molecule has 0 nitrogen and oxygen atoms in total. The molecule has 0 heterocycles. The third kappa shape index (κ3) is 4.39. The van der Waals surface area contributed by atoms with Crippen molar-refractivity contribution in [3.63, 3.8) is 0 Å². The molecule has 0 aliphatic heterocycles. The van der Waals surface area contributed by atoms with E-state index in [4.69, 9.17) is 0 Å². The van der Waals surface area contributed by atoms with E-state index in [2.05, 4.69) is 50.4 Å². The Kier molecular flexibility index (Phi) is 5.93. The average molecular weight is 215 g/mol. The molecular weight excluding hydrogens is 200 g/mol. The molecule has 0 aromatic heterocycles. The number of hydrogen-bond donors (Lipinski definition) is 1. The smallest absolute Gasteiger partial charge is 0.00984 e. The van der Waals surface area contributed by atoms with Crippen LogP contribution in [-0.2, 0) is 6.42 Å². The molecule has 0 bridgehead atoms. The van der Waals surface area contributed by atoms with E-state index in [1.807, 2.05) is 6.07 Å². The molecule has 1 unspecified atom stereocenters. The first-order valence-corrected chi connectivity index (χ1v) is 4.56. The summed E-state index contributed by atoms with van der Waals surface area (Å²) in [6.45, 7) is 5.96. The van der Waals surface area contributed by atoms with Gasteiger partial charge in [-0.25, -0.2) is 0 Å². The van der Waals surface area contributed by atoms with Gasteiger partial charge in [-0.3, -0.25) is 0 Å². The minimum absolute atomic E-state index is 0. The Labute approximate surface area is 91.9 Å². The van der Waals surface area contributed by atoms with Gasteiger partial charge in [0.15, 0.2) is 0 Å². The van der Waals surface area contributed by atoms with Crippen LogP contribution in [0.2, 0.25) is 0 Å². The van der Waals surface area contributed by atoms with Crippen LogP contribution in [0.4, 0.5) is 0 Å². The van der Waals surface area contributed by atoms with Gasteiger partial charge in [0.05, 0.1) is 0 Å². The van der Waals surface area contributed by atoms with Gasteiger partial charge in [0.1, 0.15) is 0 Å². The topological polar surface area (TPSA) is 0 Å². The van der Waals surface area contributed by atoms with Crippen LogP contribution in [0.5, 0.6) is 0 Å². The molecule has 1 aromatic carbocycles. The van der Waals surface area contributed by atoms with E-state index >= 15 is 0 Å². The van der Waals surface area contributed by atoms with Crippen molar-refractivity contribution in [2.24, 2.45) is 5.92 Å². The Balaban J connectivity index is 0.00000144. The van der Waals surface area contributed by atoms with E-state index in [-0.39, 0.29) is 12.4 Å². The third-order valence-corrected chi connectivity index (χ3v) is 2.39. The Morgan fingerprint density at radius 3 is 2.38 bits per heavy atom. The summed E-state index contributed by atoms with van der Waals surface area (Å²) in [6, 6.07) is 10.4. The Bertz CT molecular complexity index is 256. The van der Waals surface area contributed by atoms with Gasteiger partial charge in [0, 0.05) is 0 Å². The van der Waals surface area contributed by atoms with Crippen LogP contribution in [0.15, 0.2) is 41.8 Å². The van der Waals surface area contributed by atoms with Crippen LogP contribution in [0.3, 0.4) is 0 Å². The first-order chi connectivity index (χ1) is 5.70. The Morgan fingerprint density at radius 2 is 1.92 bits per heavy atom. The molecule has 1 aromatic rings. The molecular formula is C11H15ClS. The monoisotopic (exact) mass is 214 g/mol. The van der Waals surface area contributed by atoms with E-state index in [0.29, 0.717) is 5.92 Å². The normalized spacial score (nSPS) is 11.5. The van der Waals surface area contributed by atoms with E-state index in [1.54, 1.807) is 0 Å².